The summed E-state index contributed by atoms with van der Waals surface area (Å²) in [5, 5.41) is 3.51. The Kier molecular flexibility index (Phi) is 8.46. The van der Waals surface area contributed by atoms with E-state index < -0.39 is 0 Å². The topological polar surface area (TPSA) is 38.0 Å². The fraction of sp³-hybridized carbons (Fsp3) is 1.00. The van der Waals surface area contributed by atoms with Gasteiger partial charge < -0.3 is 11.1 Å². The van der Waals surface area contributed by atoms with Gasteiger partial charge >= 0.3 is 0 Å². The van der Waals surface area contributed by atoms with Crippen LogP contribution in [0.2, 0.25) is 0 Å². The van der Waals surface area contributed by atoms with Crippen molar-refractivity contribution in [2.24, 2.45) is 17.6 Å². The molecular formula is C11H26N2. The lowest BCUT2D eigenvalue weighted by molar-refractivity contribution is 0.407. The van der Waals surface area contributed by atoms with E-state index >= 15 is 0 Å². The van der Waals surface area contributed by atoms with Gasteiger partial charge in [-0.3, -0.25) is 0 Å². The monoisotopic (exact) mass is 186 g/mol. The van der Waals surface area contributed by atoms with Crippen molar-refractivity contribution in [3.8, 4) is 0 Å². The van der Waals surface area contributed by atoms with Gasteiger partial charge in [0.25, 0.3) is 0 Å². The standard InChI is InChI=1S/C11H26N2/c1-4-10(5-2)8-13-9-11(6-3)7-12/h10-11,13H,4-9,12H2,1-3H3. The molecular weight excluding hydrogens is 160 g/mol. The van der Waals surface area contributed by atoms with Gasteiger partial charge in [0.1, 0.15) is 0 Å². The molecule has 0 aliphatic carbocycles. The summed E-state index contributed by atoms with van der Waals surface area (Å²) in [6, 6.07) is 0. The predicted molar refractivity (Wildman–Crippen MR) is 59.8 cm³/mol. The lowest BCUT2D eigenvalue weighted by Gasteiger charge is -2.17. The summed E-state index contributed by atoms with van der Waals surface area (Å²) in [5.41, 5.74) is 5.63. The zero-order valence-electron chi connectivity index (χ0n) is 9.47. The van der Waals surface area contributed by atoms with Gasteiger partial charge in [0.05, 0.1) is 0 Å². The zero-order valence-corrected chi connectivity index (χ0v) is 9.47. The van der Waals surface area contributed by atoms with Gasteiger partial charge in [-0.05, 0) is 31.5 Å². The summed E-state index contributed by atoms with van der Waals surface area (Å²) >= 11 is 0. The van der Waals surface area contributed by atoms with Gasteiger partial charge in [0.2, 0.25) is 0 Å². The Morgan fingerprint density at radius 3 is 1.77 bits per heavy atom. The van der Waals surface area contributed by atoms with Crippen LogP contribution in [0.1, 0.15) is 40.0 Å². The molecule has 0 bridgehead atoms. The Balaban J connectivity index is 3.41. The Hall–Kier alpha value is -0.0800. The molecule has 2 heteroatoms. The van der Waals surface area contributed by atoms with Crippen molar-refractivity contribution in [1.29, 1.82) is 0 Å². The lowest BCUT2D eigenvalue weighted by Crippen LogP contribution is -2.31. The van der Waals surface area contributed by atoms with Crippen LogP contribution in [0.15, 0.2) is 0 Å². The van der Waals surface area contributed by atoms with E-state index in [0.29, 0.717) is 5.92 Å². The van der Waals surface area contributed by atoms with E-state index in [1.54, 1.807) is 0 Å². The van der Waals surface area contributed by atoms with E-state index in [9.17, 15) is 0 Å². The lowest BCUT2D eigenvalue weighted by atomic mass is 10.0. The third kappa shape index (κ3) is 6.05. The van der Waals surface area contributed by atoms with Crippen LogP contribution in [0.25, 0.3) is 0 Å². The third-order valence-electron chi connectivity index (χ3n) is 2.93. The van der Waals surface area contributed by atoms with Crippen molar-refractivity contribution in [3.05, 3.63) is 0 Å². The summed E-state index contributed by atoms with van der Waals surface area (Å²) in [6.07, 6.45) is 3.75. The first kappa shape index (κ1) is 12.9. The molecule has 0 aliphatic heterocycles. The maximum absolute atomic E-state index is 5.63. The Morgan fingerprint density at radius 1 is 0.923 bits per heavy atom. The summed E-state index contributed by atoms with van der Waals surface area (Å²) in [5.74, 6) is 1.50. The molecule has 0 aromatic carbocycles. The quantitative estimate of drug-likeness (QED) is 0.608. The first-order valence-electron chi connectivity index (χ1n) is 5.69. The maximum atomic E-state index is 5.63. The number of rotatable bonds is 8. The summed E-state index contributed by atoms with van der Waals surface area (Å²) in [4.78, 5) is 0. The summed E-state index contributed by atoms with van der Waals surface area (Å²) in [6.45, 7) is 9.78. The van der Waals surface area contributed by atoms with Gasteiger partial charge in [-0.1, -0.05) is 40.0 Å². The molecule has 1 atom stereocenters. The van der Waals surface area contributed by atoms with Gasteiger partial charge in [-0.15, -0.1) is 0 Å². The minimum Gasteiger partial charge on any atom is -0.330 e. The molecule has 0 aliphatic rings. The summed E-state index contributed by atoms with van der Waals surface area (Å²) < 4.78 is 0. The highest BCUT2D eigenvalue weighted by Gasteiger charge is 2.05. The number of hydrogen-bond donors (Lipinski definition) is 2. The molecule has 80 valence electrons. The fourth-order valence-electron chi connectivity index (χ4n) is 1.46. The number of nitrogens with two attached hydrogens (primary N) is 1. The molecule has 13 heavy (non-hydrogen) atoms. The Labute approximate surface area is 83.3 Å². The van der Waals surface area contributed by atoms with Crippen molar-refractivity contribution in [1.82, 2.24) is 5.32 Å². The molecule has 0 fully saturated rings. The highest BCUT2D eigenvalue weighted by atomic mass is 14.9. The van der Waals surface area contributed by atoms with Crippen molar-refractivity contribution >= 4 is 0 Å². The van der Waals surface area contributed by atoms with E-state index in [4.69, 9.17) is 5.73 Å². The van der Waals surface area contributed by atoms with Crippen LogP contribution in [0.4, 0.5) is 0 Å². The minimum absolute atomic E-state index is 0.661. The van der Waals surface area contributed by atoms with E-state index in [2.05, 4.69) is 26.1 Å². The van der Waals surface area contributed by atoms with Crippen molar-refractivity contribution in [2.45, 2.75) is 40.0 Å². The number of hydrogen-bond acceptors (Lipinski definition) is 2. The molecule has 0 rings (SSSR count). The maximum Gasteiger partial charge on any atom is -0.000845 e. The largest absolute Gasteiger partial charge is 0.330 e. The van der Waals surface area contributed by atoms with Crippen LogP contribution < -0.4 is 11.1 Å². The second-order valence-electron chi connectivity index (χ2n) is 3.85. The fourth-order valence-corrected chi connectivity index (χ4v) is 1.46. The van der Waals surface area contributed by atoms with E-state index in [1.165, 1.54) is 19.3 Å². The third-order valence-corrected chi connectivity index (χ3v) is 2.93. The van der Waals surface area contributed by atoms with Crippen LogP contribution in [-0.4, -0.2) is 19.6 Å². The summed E-state index contributed by atoms with van der Waals surface area (Å²) in [7, 11) is 0. The van der Waals surface area contributed by atoms with Gasteiger partial charge in [0.15, 0.2) is 0 Å². The predicted octanol–water partition coefficient (Wildman–Crippen LogP) is 2.00. The highest BCUT2D eigenvalue weighted by molar-refractivity contribution is 4.64. The van der Waals surface area contributed by atoms with Crippen molar-refractivity contribution < 1.29 is 0 Å². The first-order chi connectivity index (χ1) is 6.28. The molecule has 0 heterocycles. The van der Waals surface area contributed by atoms with E-state index in [1.807, 2.05) is 0 Å². The van der Waals surface area contributed by atoms with Crippen LogP contribution in [0.3, 0.4) is 0 Å². The minimum atomic E-state index is 0.661. The second-order valence-corrected chi connectivity index (χ2v) is 3.85. The van der Waals surface area contributed by atoms with Crippen LogP contribution in [0, 0.1) is 11.8 Å². The molecule has 3 N–H and O–H groups in total. The van der Waals surface area contributed by atoms with Gasteiger partial charge in [0, 0.05) is 0 Å². The zero-order chi connectivity index (χ0) is 10.1. The average molecular weight is 186 g/mol. The molecule has 0 aromatic heterocycles. The molecule has 0 aromatic rings. The van der Waals surface area contributed by atoms with Crippen LogP contribution in [0.5, 0.6) is 0 Å². The molecule has 0 spiro atoms. The van der Waals surface area contributed by atoms with E-state index in [-0.39, 0.29) is 0 Å². The molecule has 0 saturated carbocycles. The average Bonchev–Trinajstić information content (AvgIpc) is 2.19. The molecule has 0 radical (unpaired) electrons. The van der Waals surface area contributed by atoms with Crippen LogP contribution >= 0.6 is 0 Å². The Bertz CT molecular complexity index is 84.3. The number of nitrogens with one attached hydrogen (secondary N) is 1. The SMILES string of the molecule is CCC(CC)CNCC(CC)CN. The van der Waals surface area contributed by atoms with Gasteiger partial charge in [-0.25, -0.2) is 0 Å². The second kappa shape index (κ2) is 8.52. The molecule has 1 unspecified atom stereocenters. The van der Waals surface area contributed by atoms with Gasteiger partial charge in [-0.2, -0.15) is 0 Å². The van der Waals surface area contributed by atoms with Crippen LogP contribution in [-0.2, 0) is 0 Å². The normalized spacial score (nSPS) is 13.6. The smallest absolute Gasteiger partial charge is 0.000845 e. The highest BCUT2D eigenvalue weighted by Crippen LogP contribution is 2.05. The Morgan fingerprint density at radius 2 is 1.38 bits per heavy atom. The van der Waals surface area contributed by atoms with E-state index in [0.717, 1.165) is 25.6 Å². The van der Waals surface area contributed by atoms with Crippen molar-refractivity contribution in [3.63, 3.8) is 0 Å². The molecule has 2 nitrogen and oxygen atoms in total. The van der Waals surface area contributed by atoms with Crippen molar-refractivity contribution in [2.75, 3.05) is 19.6 Å². The molecule has 0 saturated heterocycles. The first-order valence-corrected chi connectivity index (χ1v) is 5.69. The molecule has 0 amide bonds.